The Balaban J connectivity index is 2.17. The van der Waals surface area contributed by atoms with Crippen LogP contribution in [0.25, 0.3) is 0 Å². The first-order valence-corrected chi connectivity index (χ1v) is 10.4. The SMILES string of the molecule is CCCOC(=O)C1=C(C)N=C2C[C@@H](C)[C@H](C(=O)OC)C(=O)[C@@H]2[C@H]1c1ccccc1C. The molecule has 1 aromatic rings. The zero-order valence-electron chi connectivity index (χ0n) is 18.2. The minimum Gasteiger partial charge on any atom is -0.468 e. The summed E-state index contributed by atoms with van der Waals surface area (Å²) in [7, 11) is 1.29. The van der Waals surface area contributed by atoms with Gasteiger partial charge in [-0.15, -0.1) is 0 Å². The summed E-state index contributed by atoms with van der Waals surface area (Å²) in [6.45, 7) is 7.84. The highest BCUT2D eigenvalue weighted by Gasteiger charge is 2.51. The average molecular weight is 411 g/mol. The van der Waals surface area contributed by atoms with Crippen LogP contribution in [0.5, 0.6) is 0 Å². The zero-order chi connectivity index (χ0) is 22.0. The highest BCUT2D eigenvalue weighted by Crippen LogP contribution is 2.46. The van der Waals surface area contributed by atoms with Gasteiger partial charge in [0.15, 0.2) is 5.78 Å². The molecule has 1 aromatic carbocycles. The van der Waals surface area contributed by atoms with Crippen molar-refractivity contribution in [1.82, 2.24) is 0 Å². The Bertz CT molecular complexity index is 929. The van der Waals surface area contributed by atoms with Crippen LogP contribution in [0.1, 0.15) is 50.7 Å². The Morgan fingerprint density at radius 1 is 1.17 bits per heavy atom. The van der Waals surface area contributed by atoms with Gasteiger partial charge in [0, 0.05) is 17.3 Å². The van der Waals surface area contributed by atoms with Crippen LogP contribution < -0.4 is 0 Å². The predicted octanol–water partition coefficient (Wildman–Crippen LogP) is 3.77. The van der Waals surface area contributed by atoms with E-state index in [-0.39, 0.29) is 11.7 Å². The molecule has 0 spiro atoms. The molecular formula is C24H29NO5. The fourth-order valence-electron chi connectivity index (χ4n) is 4.65. The summed E-state index contributed by atoms with van der Waals surface area (Å²) >= 11 is 0. The molecule has 0 unspecified atom stereocenters. The van der Waals surface area contributed by atoms with E-state index in [1.807, 2.05) is 45.0 Å². The van der Waals surface area contributed by atoms with Crippen LogP contribution in [0, 0.1) is 24.7 Å². The van der Waals surface area contributed by atoms with Gasteiger partial charge in [-0.2, -0.15) is 0 Å². The molecule has 6 heteroatoms. The number of carbonyl (C=O) groups excluding carboxylic acids is 3. The smallest absolute Gasteiger partial charge is 0.336 e. The van der Waals surface area contributed by atoms with E-state index in [0.717, 1.165) is 16.8 Å². The van der Waals surface area contributed by atoms with Gasteiger partial charge in [-0.1, -0.05) is 38.1 Å². The number of carbonyl (C=O) groups is 3. The van der Waals surface area contributed by atoms with Crippen molar-refractivity contribution in [3.8, 4) is 0 Å². The first-order chi connectivity index (χ1) is 14.3. The molecule has 30 heavy (non-hydrogen) atoms. The standard InChI is InChI=1S/C24H29NO5/c1-6-11-30-24(28)19-15(4)25-17-12-14(3)18(23(27)29-5)22(26)21(17)20(19)16-10-8-7-9-13(16)2/h7-10,14,18,20-21H,6,11-12H2,1-5H3/t14-,18+,20+,21+/m1/s1. The van der Waals surface area contributed by atoms with Crippen LogP contribution in [-0.4, -0.2) is 37.2 Å². The van der Waals surface area contributed by atoms with Crippen molar-refractivity contribution in [2.45, 2.75) is 46.5 Å². The van der Waals surface area contributed by atoms with Gasteiger partial charge in [0.05, 0.1) is 25.2 Å². The van der Waals surface area contributed by atoms with E-state index in [9.17, 15) is 14.4 Å². The molecule has 1 aliphatic carbocycles. The van der Waals surface area contributed by atoms with Crippen molar-refractivity contribution in [2.75, 3.05) is 13.7 Å². The lowest BCUT2D eigenvalue weighted by molar-refractivity contribution is -0.152. The summed E-state index contributed by atoms with van der Waals surface area (Å²) in [5, 5.41) is 0. The number of esters is 2. The molecule has 3 rings (SSSR count). The lowest BCUT2D eigenvalue weighted by Gasteiger charge is -2.40. The molecule has 1 heterocycles. The summed E-state index contributed by atoms with van der Waals surface area (Å²) in [4.78, 5) is 43.7. The molecule has 1 aliphatic heterocycles. The molecule has 0 amide bonds. The Labute approximate surface area is 177 Å². The van der Waals surface area contributed by atoms with Crippen LogP contribution >= 0.6 is 0 Å². The van der Waals surface area contributed by atoms with Gasteiger partial charge >= 0.3 is 11.9 Å². The van der Waals surface area contributed by atoms with Crippen LogP contribution in [0.15, 0.2) is 40.5 Å². The maximum atomic E-state index is 13.6. The predicted molar refractivity (Wildman–Crippen MR) is 113 cm³/mol. The normalized spacial score (nSPS) is 26.0. The first-order valence-electron chi connectivity index (χ1n) is 10.4. The number of methoxy groups -OCH3 is 1. The molecule has 6 nitrogen and oxygen atoms in total. The van der Waals surface area contributed by atoms with Gasteiger partial charge in [-0.05, 0) is 43.7 Å². The monoisotopic (exact) mass is 411 g/mol. The van der Waals surface area contributed by atoms with Crippen molar-refractivity contribution >= 4 is 23.4 Å². The van der Waals surface area contributed by atoms with E-state index in [4.69, 9.17) is 9.47 Å². The summed E-state index contributed by atoms with van der Waals surface area (Å²) < 4.78 is 10.4. The Kier molecular flexibility index (Phi) is 6.54. The molecule has 0 N–H and O–H groups in total. The minimum atomic E-state index is -0.864. The van der Waals surface area contributed by atoms with Crippen molar-refractivity contribution in [3.63, 3.8) is 0 Å². The van der Waals surface area contributed by atoms with Crippen molar-refractivity contribution in [1.29, 1.82) is 0 Å². The minimum absolute atomic E-state index is 0.209. The van der Waals surface area contributed by atoms with Crippen molar-refractivity contribution in [3.05, 3.63) is 46.7 Å². The van der Waals surface area contributed by atoms with Gasteiger partial charge in [-0.3, -0.25) is 14.6 Å². The summed E-state index contributed by atoms with van der Waals surface area (Å²) in [5.74, 6) is -3.51. The number of fused-ring (bicyclic) bond motifs is 1. The highest BCUT2D eigenvalue weighted by molar-refractivity contribution is 6.17. The second kappa shape index (κ2) is 8.94. The molecule has 4 atom stereocenters. The summed E-state index contributed by atoms with van der Waals surface area (Å²) in [5.41, 5.74) is 3.55. The van der Waals surface area contributed by atoms with Gasteiger partial charge in [0.1, 0.15) is 5.92 Å². The number of Topliss-reactive ketones (excluding diaryl/α,β-unsaturated/α-hetero) is 1. The van der Waals surface area contributed by atoms with E-state index >= 15 is 0 Å². The van der Waals surface area contributed by atoms with Crippen molar-refractivity contribution < 1.29 is 23.9 Å². The number of ether oxygens (including phenoxy) is 2. The molecule has 1 fully saturated rings. The number of benzene rings is 1. The number of nitrogens with zero attached hydrogens (tertiary/aromatic N) is 1. The van der Waals surface area contributed by atoms with Crippen LogP contribution in [-0.2, 0) is 23.9 Å². The largest absolute Gasteiger partial charge is 0.468 e. The molecule has 0 bridgehead atoms. The number of hydrogen-bond acceptors (Lipinski definition) is 6. The van der Waals surface area contributed by atoms with Gasteiger partial charge in [0.25, 0.3) is 0 Å². The van der Waals surface area contributed by atoms with E-state index in [0.29, 0.717) is 30.7 Å². The highest BCUT2D eigenvalue weighted by atomic mass is 16.5. The topological polar surface area (TPSA) is 82.0 Å². The number of aliphatic imine (C=N–C) groups is 1. The fraction of sp³-hybridized carbons (Fsp3) is 0.500. The van der Waals surface area contributed by atoms with Crippen LogP contribution in [0.4, 0.5) is 0 Å². The average Bonchev–Trinajstić information content (AvgIpc) is 2.71. The lowest BCUT2D eigenvalue weighted by Crippen LogP contribution is -2.48. The van der Waals surface area contributed by atoms with Crippen LogP contribution in [0.2, 0.25) is 0 Å². The number of hydrogen-bond donors (Lipinski definition) is 0. The second-order valence-corrected chi connectivity index (χ2v) is 8.13. The zero-order valence-corrected chi connectivity index (χ0v) is 18.2. The Hall–Kier alpha value is -2.76. The van der Waals surface area contributed by atoms with Gasteiger partial charge < -0.3 is 9.47 Å². The summed E-state index contributed by atoms with van der Waals surface area (Å²) in [6.07, 6.45) is 1.21. The number of ketones is 1. The first kappa shape index (κ1) is 21.9. The van der Waals surface area contributed by atoms with E-state index in [2.05, 4.69) is 4.99 Å². The van der Waals surface area contributed by atoms with Crippen LogP contribution in [0.3, 0.4) is 0 Å². The van der Waals surface area contributed by atoms with E-state index in [1.54, 1.807) is 6.92 Å². The maximum absolute atomic E-state index is 13.6. The molecule has 0 radical (unpaired) electrons. The third kappa shape index (κ3) is 3.83. The Morgan fingerprint density at radius 2 is 1.87 bits per heavy atom. The fourth-order valence-corrected chi connectivity index (χ4v) is 4.65. The number of aryl methyl sites for hydroxylation is 1. The Morgan fingerprint density at radius 3 is 2.50 bits per heavy atom. The molecule has 2 aliphatic rings. The maximum Gasteiger partial charge on any atom is 0.336 e. The van der Waals surface area contributed by atoms with E-state index < -0.39 is 29.7 Å². The van der Waals surface area contributed by atoms with Gasteiger partial charge in [0.2, 0.25) is 0 Å². The molecule has 0 aromatic heterocycles. The van der Waals surface area contributed by atoms with E-state index in [1.165, 1.54) is 7.11 Å². The molecule has 160 valence electrons. The third-order valence-electron chi connectivity index (χ3n) is 6.05. The van der Waals surface area contributed by atoms with Crippen molar-refractivity contribution in [2.24, 2.45) is 22.7 Å². The number of allylic oxidation sites excluding steroid dienone is 1. The van der Waals surface area contributed by atoms with Gasteiger partial charge in [-0.25, -0.2) is 4.79 Å². The lowest BCUT2D eigenvalue weighted by atomic mass is 9.63. The molecule has 1 saturated carbocycles. The number of rotatable bonds is 5. The molecular weight excluding hydrogens is 382 g/mol. The quantitative estimate of drug-likeness (QED) is 0.544. The second-order valence-electron chi connectivity index (χ2n) is 8.13. The third-order valence-corrected chi connectivity index (χ3v) is 6.05. The molecule has 0 saturated heterocycles. The summed E-state index contributed by atoms with van der Waals surface area (Å²) in [6, 6.07) is 7.71.